The smallest absolute Gasteiger partial charge is 0.268 e. The molecular weight excluding hydrogens is 336 g/mol. The number of aromatic amines is 1. The fourth-order valence-corrected chi connectivity index (χ4v) is 2.91. The molecule has 2 aromatic rings. The summed E-state index contributed by atoms with van der Waals surface area (Å²) in [5.41, 5.74) is 1.19. The number of carbonyl (C=O) groups is 2. The molecule has 8 nitrogen and oxygen atoms in total. The van der Waals surface area contributed by atoms with Gasteiger partial charge in [-0.15, -0.1) is 0 Å². The topological polar surface area (TPSA) is 107 Å². The van der Waals surface area contributed by atoms with E-state index in [4.69, 9.17) is 4.74 Å². The van der Waals surface area contributed by atoms with Crippen molar-refractivity contribution in [1.82, 2.24) is 20.5 Å². The van der Waals surface area contributed by atoms with E-state index in [0.717, 1.165) is 24.0 Å². The number of aliphatic hydroxyl groups is 1. The fraction of sp³-hybridized carbons (Fsp3) is 0.444. The first-order chi connectivity index (χ1) is 12.7. The molecule has 140 valence electrons. The summed E-state index contributed by atoms with van der Waals surface area (Å²) >= 11 is 0. The number of aliphatic hydroxyl groups excluding tert-OH is 1. The van der Waals surface area contributed by atoms with Gasteiger partial charge in [-0.1, -0.05) is 18.2 Å². The molecule has 2 amide bonds. The highest BCUT2D eigenvalue weighted by Crippen LogP contribution is 2.14. The third-order valence-corrected chi connectivity index (χ3v) is 4.41. The zero-order chi connectivity index (χ0) is 18.4. The number of H-pyrrole nitrogens is 1. The molecule has 1 aromatic carbocycles. The van der Waals surface area contributed by atoms with Gasteiger partial charge in [0.05, 0.1) is 19.8 Å². The Morgan fingerprint density at radius 1 is 1.27 bits per heavy atom. The van der Waals surface area contributed by atoms with E-state index in [1.807, 2.05) is 24.3 Å². The van der Waals surface area contributed by atoms with Crippen molar-refractivity contribution < 1.29 is 19.4 Å². The molecule has 0 radical (unpaired) electrons. The van der Waals surface area contributed by atoms with E-state index in [0.29, 0.717) is 32.0 Å². The largest absolute Gasteiger partial charge is 0.394 e. The number of hydrogen-bond acceptors (Lipinski definition) is 5. The van der Waals surface area contributed by atoms with Gasteiger partial charge in [0.25, 0.3) is 5.91 Å². The summed E-state index contributed by atoms with van der Waals surface area (Å²) in [6.45, 7) is 3.80. The van der Waals surface area contributed by atoms with Crippen LogP contribution >= 0.6 is 0 Å². The van der Waals surface area contributed by atoms with Crippen LogP contribution < -0.4 is 10.6 Å². The molecule has 1 aliphatic heterocycles. The SMILES string of the molecule is O=C(NC(CO)C(=O)NCCN1CCOCC1)c1cc2ccccc2[nH]1. The fourth-order valence-electron chi connectivity index (χ4n) is 2.91. The Hall–Kier alpha value is -2.42. The highest BCUT2D eigenvalue weighted by atomic mass is 16.5. The first-order valence-corrected chi connectivity index (χ1v) is 8.74. The molecule has 1 aromatic heterocycles. The molecule has 1 atom stereocenters. The predicted molar refractivity (Wildman–Crippen MR) is 96.9 cm³/mol. The van der Waals surface area contributed by atoms with E-state index in [2.05, 4.69) is 20.5 Å². The summed E-state index contributed by atoms with van der Waals surface area (Å²) in [5, 5.41) is 15.7. The van der Waals surface area contributed by atoms with E-state index < -0.39 is 24.5 Å². The molecule has 1 fully saturated rings. The second-order valence-corrected chi connectivity index (χ2v) is 6.22. The van der Waals surface area contributed by atoms with Gasteiger partial charge in [0.2, 0.25) is 5.91 Å². The van der Waals surface area contributed by atoms with Crippen molar-refractivity contribution in [3.05, 3.63) is 36.0 Å². The highest BCUT2D eigenvalue weighted by molar-refractivity contribution is 6.00. The Labute approximate surface area is 151 Å². The molecular formula is C18H24N4O4. The van der Waals surface area contributed by atoms with Gasteiger partial charge >= 0.3 is 0 Å². The number of amides is 2. The number of fused-ring (bicyclic) bond motifs is 1. The Morgan fingerprint density at radius 2 is 2.04 bits per heavy atom. The lowest BCUT2D eigenvalue weighted by molar-refractivity contribution is -0.123. The van der Waals surface area contributed by atoms with Crippen LogP contribution in [0.5, 0.6) is 0 Å². The third kappa shape index (κ3) is 4.60. The summed E-state index contributed by atoms with van der Waals surface area (Å²) in [4.78, 5) is 29.8. The summed E-state index contributed by atoms with van der Waals surface area (Å²) in [7, 11) is 0. The van der Waals surface area contributed by atoms with Gasteiger partial charge in [0, 0.05) is 37.1 Å². The average molecular weight is 360 g/mol. The standard InChI is InChI=1S/C18H24N4O4/c23-12-16(17(24)19-5-6-22-7-9-26-10-8-22)21-18(25)15-11-13-3-1-2-4-14(13)20-15/h1-4,11,16,20,23H,5-10,12H2,(H,19,24)(H,21,25). The third-order valence-electron chi connectivity index (χ3n) is 4.41. The zero-order valence-electron chi connectivity index (χ0n) is 14.5. The molecule has 3 rings (SSSR count). The van der Waals surface area contributed by atoms with E-state index >= 15 is 0 Å². The number of nitrogens with one attached hydrogen (secondary N) is 3. The van der Waals surface area contributed by atoms with Gasteiger partial charge in [-0.2, -0.15) is 0 Å². The van der Waals surface area contributed by atoms with Crippen LogP contribution in [0.2, 0.25) is 0 Å². The zero-order valence-corrected chi connectivity index (χ0v) is 14.5. The molecule has 26 heavy (non-hydrogen) atoms. The molecule has 4 N–H and O–H groups in total. The lowest BCUT2D eigenvalue weighted by Crippen LogP contribution is -2.50. The average Bonchev–Trinajstić information content (AvgIpc) is 3.11. The molecule has 8 heteroatoms. The van der Waals surface area contributed by atoms with Gasteiger partial charge in [-0.05, 0) is 12.1 Å². The second-order valence-electron chi connectivity index (χ2n) is 6.22. The summed E-state index contributed by atoms with van der Waals surface area (Å²) in [6, 6.07) is 8.25. The van der Waals surface area contributed by atoms with Gasteiger partial charge in [0.15, 0.2) is 0 Å². The van der Waals surface area contributed by atoms with Crippen LogP contribution in [0, 0.1) is 0 Å². The molecule has 1 unspecified atom stereocenters. The highest BCUT2D eigenvalue weighted by Gasteiger charge is 2.21. The minimum absolute atomic E-state index is 0.353. The van der Waals surface area contributed by atoms with Crippen molar-refractivity contribution in [2.24, 2.45) is 0 Å². The van der Waals surface area contributed by atoms with Crippen LogP contribution in [0.25, 0.3) is 10.9 Å². The van der Waals surface area contributed by atoms with Crippen LogP contribution in [-0.4, -0.2) is 78.8 Å². The maximum absolute atomic E-state index is 12.4. The van der Waals surface area contributed by atoms with Crippen molar-refractivity contribution in [2.75, 3.05) is 46.0 Å². The predicted octanol–water partition coefficient (Wildman–Crippen LogP) is -0.293. The minimum Gasteiger partial charge on any atom is -0.394 e. The van der Waals surface area contributed by atoms with Crippen molar-refractivity contribution in [3.8, 4) is 0 Å². The number of hydrogen-bond donors (Lipinski definition) is 4. The molecule has 1 aliphatic rings. The molecule has 0 saturated carbocycles. The first-order valence-electron chi connectivity index (χ1n) is 8.74. The van der Waals surface area contributed by atoms with E-state index in [1.54, 1.807) is 6.07 Å². The monoisotopic (exact) mass is 360 g/mol. The maximum Gasteiger partial charge on any atom is 0.268 e. The van der Waals surface area contributed by atoms with Crippen LogP contribution in [0.15, 0.2) is 30.3 Å². The number of aromatic nitrogens is 1. The van der Waals surface area contributed by atoms with E-state index in [9.17, 15) is 14.7 Å². The number of ether oxygens (including phenoxy) is 1. The molecule has 2 heterocycles. The summed E-state index contributed by atoms with van der Waals surface area (Å²) in [6.07, 6.45) is 0. The molecule has 0 aliphatic carbocycles. The van der Waals surface area contributed by atoms with E-state index in [1.165, 1.54) is 0 Å². The Bertz CT molecular complexity index is 721. The lowest BCUT2D eigenvalue weighted by Gasteiger charge is -2.26. The summed E-state index contributed by atoms with van der Waals surface area (Å²) < 4.78 is 5.28. The Balaban J connectivity index is 1.50. The van der Waals surface area contributed by atoms with Crippen molar-refractivity contribution in [1.29, 1.82) is 0 Å². The number of rotatable bonds is 7. The van der Waals surface area contributed by atoms with E-state index in [-0.39, 0.29) is 0 Å². The molecule has 0 bridgehead atoms. The number of para-hydroxylation sites is 1. The van der Waals surface area contributed by atoms with Gasteiger partial charge in [-0.3, -0.25) is 14.5 Å². The number of carbonyl (C=O) groups excluding carboxylic acids is 2. The van der Waals surface area contributed by atoms with Gasteiger partial charge in [0.1, 0.15) is 11.7 Å². The Morgan fingerprint density at radius 3 is 2.77 bits per heavy atom. The number of nitrogens with zero attached hydrogens (tertiary/aromatic N) is 1. The van der Waals surface area contributed by atoms with Gasteiger partial charge < -0.3 is 25.5 Å². The van der Waals surface area contributed by atoms with Crippen LogP contribution in [0.4, 0.5) is 0 Å². The maximum atomic E-state index is 12.4. The van der Waals surface area contributed by atoms with Gasteiger partial charge in [-0.25, -0.2) is 0 Å². The number of morpholine rings is 1. The van der Waals surface area contributed by atoms with Crippen LogP contribution in [0.3, 0.4) is 0 Å². The minimum atomic E-state index is -0.987. The first kappa shape index (κ1) is 18.4. The second kappa shape index (κ2) is 8.79. The number of benzene rings is 1. The van der Waals surface area contributed by atoms with Crippen molar-refractivity contribution in [3.63, 3.8) is 0 Å². The van der Waals surface area contributed by atoms with Crippen LogP contribution in [0.1, 0.15) is 10.5 Å². The molecule has 0 spiro atoms. The van der Waals surface area contributed by atoms with Crippen molar-refractivity contribution in [2.45, 2.75) is 6.04 Å². The summed E-state index contributed by atoms with van der Waals surface area (Å²) in [5.74, 6) is -0.825. The normalized spacial score (nSPS) is 16.3. The van der Waals surface area contributed by atoms with Crippen molar-refractivity contribution >= 4 is 22.7 Å². The molecule has 1 saturated heterocycles. The quantitative estimate of drug-likeness (QED) is 0.543. The van der Waals surface area contributed by atoms with Crippen LogP contribution in [-0.2, 0) is 9.53 Å². The lowest BCUT2D eigenvalue weighted by atomic mass is 10.2. The Kier molecular flexibility index (Phi) is 6.21.